The molecule has 2 amide bonds. The molecule has 7 heteroatoms. The van der Waals surface area contributed by atoms with Crippen molar-refractivity contribution in [1.82, 2.24) is 4.90 Å². The van der Waals surface area contributed by atoms with Gasteiger partial charge in [-0.2, -0.15) is 0 Å². The standard InChI is InChI=1S/C12H13FN2O3S/c1-7-2-8(13)4-9(3-7)14-12(18)15-6-19-5-10(15)11(16)17/h2-4,10H,5-6H2,1H3,(H,14,18)(H,16,17)/t10-/m0/s1. The number of aryl methyl sites for hydroxylation is 1. The highest BCUT2D eigenvalue weighted by Crippen LogP contribution is 2.22. The Morgan fingerprint density at radius 2 is 2.21 bits per heavy atom. The lowest BCUT2D eigenvalue weighted by Crippen LogP contribution is -2.43. The van der Waals surface area contributed by atoms with E-state index in [2.05, 4.69) is 5.32 Å². The van der Waals surface area contributed by atoms with E-state index in [0.717, 1.165) is 0 Å². The maximum Gasteiger partial charge on any atom is 0.327 e. The Balaban J connectivity index is 2.10. The molecular weight excluding hydrogens is 271 g/mol. The van der Waals surface area contributed by atoms with Gasteiger partial charge in [0.2, 0.25) is 0 Å². The van der Waals surface area contributed by atoms with Gasteiger partial charge in [-0.3, -0.25) is 0 Å². The number of aliphatic carboxylic acids is 1. The normalized spacial score (nSPS) is 18.4. The second-order valence-electron chi connectivity index (χ2n) is 4.27. The molecule has 102 valence electrons. The van der Waals surface area contributed by atoms with Gasteiger partial charge in [0.05, 0.1) is 5.88 Å². The summed E-state index contributed by atoms with van der Waals surface area (Å²) >= 11 is 1.37. The summed E-state index contributed by atoms with van der Waals surface area (Å²) < 4.78 is 13.2. The monoisotopic (exact) mass is 284 g/mol. The SMILES string of the molecule is Cc1cc(F)cc(NC(=O)N2CSC[C@H]2C(=O)O)c1. The van der Waals surface area contributed by atoms with Gasteiger partial charge in [0, 0.05) is 11.4 Å². The zero-order chi connectivity index (χ0) is 14.0. The van der Waals surface area contributed by atoms with Gasteiger partial charge in [0.25, 0.3) is 0 Å². The minimum Gasteiger partial charge on any atom is -0.480 e. The molecule has 0 aromatic heterocycles. The second kappa shape index (κ2) is 5.48. The third-order valence-corrected chi connectivity index (χ3v) is 3.73. The van der Waals surface area contributed by atoms with E-state index in [1.54, 1.807) is 13.0 Å². The zero-order valence-corrected chi connectivity index (χ0v) is 11.0. The highest BCUT2D eigenvalue weighted by Gasteiger charge is 2.34. The van der Waals surface area contributed by atoms with Crippen molar-refractivity contribution in [1.29, 1.82) is 0 Å². The van der Waals surface area contributed by atoms with Gasteiger partial charge in [0.15, 0.2) is 0 Å². The predicted molar refractivity (Wildman–Crippen MR) is 70.7 cm³/mol. The van der Waals surface area contributed by atoms with Crippen LogP contribution in [0.5, 0.6) is 0 Å². The number of carboxylic acids is 1. The van der Waals surface area contributed by atoms with Crippen LogP contribution in [0.15, 0.2) is 18.2 Å². The van der Waals surface area contributed by atoms with Crippen LogP contribution in [0.2, 0.25) is 0 Å². The first-order chi connectivity index (χ1) is 8.97. The molecule has 0 aliphatic carbocycles. The molecule has 0 radical (unpaired) electrons. The van der Waals surface area contributed by atoms with Gasteiger partial charge < -0.3 is 15.3 Å². The largest absolute Gasteiger partial charge is 0.480 e. The number of hydrogen-bond donors (Lipinski definition) is 2. The van der Waals surface area contributed by atoms with E-state index in [0.29, 0.717) is 22.9 Å². The van der Waals surface area contributed by atoms with E-state index in [1.165, 1.54) is 28.8 Å². The van der Waals surface area contributed by atoms with Crippen LogP contribution in [0.3, 0.4) is 0 Å². The van der Waals surface area contributed by atoms with E-state index >= 15 is 0 Å². The second-order valence-corrected chi connectivity index (χ2v) is 5.27. The van der Waals surface area contributed by atoms with Gasteiger partial charge >= 0.3 is 12.0 Å². The van der Waals surface area contributed by atoms with Crippen molar-refractivity contribution in [2.45, 2.75) is 13.0 Å². The van der Waals surface area contributed by atoms with E-state index in [1.807, 2.05) is 0 Å². The summed E-state index contributed by atoms with van der Waals surface area (Å²) in [7, 11) is 0. The average molecular weight is 284 g/mol. The number of nitrogens with zero attached hydrogens (tertiary/aromatic N) is 1. The fourth-order valence-corrected chi connectivity index (χ4v) is 3.00. The first-order valence-electron chi connectivity index (χ1n) is 5.63. The van der Waals surface area contributed by atoms with Gasteiger partial charge in [-0.1, -0.05) is 0 Å². The summed E-state index contributed by atoms with van der Waals surface area (Å²) in [5.74, 6) is -0.793. The van der Waals surface area contributed by atoms with Crippen LogP contribution < -0.4 is 5.32 Å². The van der Waals surface area contributed by atoms with Crippen molar-refractivity contribution in [3.63, 3.8) is 0 Å². The molecule has 0 spiro atoms. The van der Waals surface area contributed by atoms with Crippen molar-refractivity contribution in [3.8, 4) is 0 Å². The number of amides is 2. The molecule has 1 heterocycles. The first-order valence-corrected chi connectivity index (χ1v) is 6.78. The number of thioether (sulfide) groups is 1. The van der Waals surface area contributed by atoms with Gasteiger partial charge in [0.1, 0.15) is 11.9 Å². The van der Waals surface area contributed by atoms with E-state index in [-0.39, 0.29) is 0 Å². The smallest absolute Gasteiger partial charge is 0.327 e. The van der Waals surface area contributed by atoms with E-state index in [9.17, 15) is 14.0 Å². The lowest BCUT2D eigenvalue weighted by atomic mass is 10.2. The molecule has 1 fully saturated rings. The predicted octanol–water partition coefficient (Wildman–Crippen LogP) is 2.13. The fourth-order valence-electron chi connectivity index (χ4n) is 1.85. The quantitative estimate of drug-likeness (QED) is 0.873. The Labute approximate surface area is 113 Å². The number of benzene rings is 1. The van der Waals surface area contributed by atoms with Crippen LogP contribution in [0.1, 0.15) is 5.56 Å². The number of hydrogen-bond acceptors (Lipinski definition) is 3. The summed E-state index contributed by atoms with van der Waals surface area (Å²) in [6.45, 7) is 1.71. The fraction of sp³-hybridized carbons (Fsp3) is 0.333. The molecule has 1 atom stereocenters. The third-order valence-electron chi connectivity index (χ3n) is 2.72. The topological polar surface area (TPSA) is 69.6 Å². The number of anilines is 1. The zero-order valence-electron chi connectivity index (χ0n) is 10.2. The molecule has 0 unspecified atom stereocenters. The lowest BCUT2D eigenvalue weighted by Gasteiger charge is -2.21. The Hall–Kier alpha value is -1.76. The van der Waals surface area contributed by atoms with Crippen molar-refractivity contribution >= 4 is 29.4 Å². The lowest BCUT2D eigenvalue weighted by molar-refractivity contribution is -0.140. The van der Waals surface area contributed by atoms with Crippen molar-refractivity contribution in [2.24, 2.45) is 0 Å². The van der Waals surface area contributed by atoms with Gasteiger partial charge in [-0.25, -0.2) is 14.0 Å². The van der Waals surface area contributed by atoms with Gasteiger partial charge in [-0.05, 0) is 30.7 Å². The molecule has 0 saturated carbocycles. The van der Waals surface area contributed by atoms with Crippen molar-refractivity contribution in [2.75, 3.05) is 16.9 Å². The number of rotatable bonds is 2. The summed E-state index contributed by atoms with van der Waals surface area (Å²) in [6, 6.07) is 2.81. The molecule has 1 aromatic carbocycles. The Bertz CT molecular complexity index is 503. The van der Waals surface area contributed by atoms with Crippen LogP contribution >= 0.6 is 11.8 Å². The average Bonchev–Trinajstić information content (AvgIpc) is 2.75. The molecule has 0 bridgehead atoms. The molecule has 5 nitrogen and oxygen atoms in total. The van der Waals surface area contributed by atoms with Crippen molar-refractivity contribution < 1.29 is 19.1 Å². The minimum atomic E-state index is -1.03. The Kier molecular flexibility index (Phi) is 3.94. The molecule has 1 aromatic rings. The summed E-state index contributed by atoms with van der Waals surface area (Å²) in [5.41, 5.74) is 1.00. The Morgan fingerprint density at radius 1 is 1.47 bits per heavy atom. The van der Waals surface area contributed by atoms with Gasteiger partial charge in [-0.15, -0.1) is 11.8 Å². The van der Waals surface area contributed by atoms with Crippen LogP contribution in [-0.4, -0.2) is 39.7 Å². The number of urea groups is 1. The molecule has 1 aliphatic rings. The highest BCUT2D eigenvalue weighted by molar-refractivity contribution is 7.99. The first kappa shape index (κ1) is 13.7. The molecule has 1 saturated heterocycles. The molecule has 1 aliphatic heterocycles. The molecular formula is C12H13FN2O3S. The molecule has 2 rings (SSSR count). The number of carboxylic acid groups (broad SMARTS) is 1. The summed E-state index contributed by atoms with van der Waals surface area (Å²) in [6.07, 6.45) is 0. The Morgan fingerprint density at radius 3 is 2.84 bits per heavy atom. The van der Waals surface area contributed by atoms with Crippen LogP contribution in [0, 0.1) is 12.7 Å². The minimum absolute atomic E-state index is 0.317. The number of carbonyl (C=O) groups excluding carboxylic acids is 1. The third kappa shape index (κ3) is 3.17. The van der Waals surface area contributed by atoms with Crippen LogP contribution in [0.4, 0.5) is 14.9 Å². The number of halogens is 1. The van der Waals surface area contributed by atoms with E-state index in [4.69, 9.17) is 5.11 Å². The summed E-state index contributed by atoms with van der Waals surface area (Å²) in [4.78, 5) is 24.2. The van der Waals surface area contributed by atoms with Crippen LogP contribution in [0.25, 0.3) is 0 Å². The van der Waals surface area contributed by atoms with E-state index < -0.39 is 23.9 Å². The van der Waals surface area contributed by atoms with Crippen LogP contribution in [-0.2, 0) is 4.79 Å². The van der Waals surface area contributed by atoms with Crippen molar-refractivity contribution in [3.05, 3.63) is 29.6 Å². The molecule has 2 N–H and O–H groups in total. The highest BCUT2D eigenvalue weighted by atomic mass is 32.2. The molecule has 19 heavy (non-hydrogen) atoms. The maximum absolute atomic E-state index is 13.2. The maximum atomic E-state index is 13.2. The number of nitrogens with one attached hydrogen (secondary N) is 1. The number of carbonyl (C=O) groups is 2. The summed E-state index contributed by atoms with van der Waals surface area (Å²) in [5, 5.41) is 11.5.